The summed E-state index contributed by atoms with van der Waals surface area (Å²) in [5, 5.41) is 15.5. The summed E-state index contributed by atoms with van der Waals surface area (Å²) in [6, 6.07) is 25.0. The standard InChI is InChI=1S/C27H22N4O3/c1-17(18-8-4-3-5-9-18)29-27(33)23(16-28)24-21-10-6-7-11-22(21)25(30-24)31-26(32)19-12-14-20(34-2)15-13-19/h3-15,17H,1-2H3,(H,29,33)(H,30,31,32)/b24-23+/t17-/m1/s1. The van der Waals surface area contributed by atoms with Crippen molar-refractivity contribution in [3.05, 3.63) is 107 Å². The summed E-state index contributed by atoms with van der Waals surface area (Å²) in [6.07, 6.45) is 0. The van der Waals surface area contributed by atoms with Gasteiger partial charge in [-0.15, -0.1) is 0 Å². The number of methoxy groups -OCH3 is 1. The Kier molecular flexibility index (Phi) is 6.51. The van der Waals surface area contributed by atoms with Gasteiger partial charge in [-0.1, -0.05) is 54.6 Å². The van der Waals surface area contributed by atoms with E-state index in [0.717, 1.165) is 5.56 Å². The van der Waals surface area contributed by atoms with E-state index < -0.39 is 5.91 Å². The zero-order chi connectivity index (χ0) is 24.1. The molecule has 0 radical (unpaired) electrons. The molecule has 0 saturated carbocycles. The zero-order valence-corrected chi connectivity index (χ0v) is 18.7. The number of hydrogen-bond donors (Lipinski definition) is 2. The molecule has 1 aliphatic rings. The highest BCUT2D eigenvalue weighted by atomic mass is 16.5. The van der Waals surface area contributed by atoms with Crippen molar-refractivity contribution >= 4 is 23.3 Å². The molecule has 0 fully saturated rings. The van der Waals surface area contributed by atoms with Gasteiger partial charge in [-0.05, 0) is 36.8 Å². The van der Waals surface area contributed by atoms with Crippen LogP contribution in [0.15, 0.2) is 89.4 Å². The number of nitriles is 1. The summed E-state index contributed by atoms with van der Waals surface area (Å²) in [4.78, 5) is 30.3. The molecule has 0 saturated heterocycles. The van der Waals surface area contributed by atoms with Gasteiger partial charge in [0.2, 0.25) is 0 Å². The van der Waals surface area contributed by atoms with E-state index in [9.17, 15) is 14.9 Å². The van der Waals surface area contributed by atoms with Crippen molar-refractivity contribution in [3.63, 3.8) is 0 Å². The van der Waals surface area contributed by atoms with Crippen LogP contribution in [0.1, 0.15) is 40.0 Å². The highest BCUT2D eigenvalue weighted by Gasteiger charge is 2.28. The van der Waals surface area contributed by atoms with Crippen LogP contribution in [0.25, 0.3) is 5.70 Å². The molecule has 2 N–H and O–H groups in total. The van der Waals surface area contributed by atoms with Gasteiger partial charge >= 0.3 is 0 Å². The Labute approximate surface area is 197 Å². The first-order valence-corrected chi connectivity index (χ1v) is 10.7. The van der Waals surface area contributed by atoms with Crippen LogP contribution in [0, 0.1) is 11.3 Å². The van der Waals surface area contributed by atoms with E-state index in [-0.39, 0.29) is 29.1 Å². The molecule has 0 spiro atoms. The quantitative estimate of drug-likeness (QED) is 0.453. The highest BCUT2D eigenvalue weighted by molar-refractivity contribution is 6.20. The summed E-state index contributed by atoms with van der Waals surface area (Å²) in [7, 11) is 1.55. The third kappa shape index (κ3) is 4.57. The number of hydrogen-bond acceptors (Lipinski definition) is 5. The topological polar surface area (TPSA) is 104 Å². The molecule has 0 unspecified atom stereocenters. The summed E-state index contributed by atoms with van der Waals surface area (Å²) in [5.41, 5.74) is 2.68. The third-order valence-electron chi connectivity index (χ3n) is 5.47. The second kappa shape index (κ2) is 9.84. The molecule has 0 bridgehead atoms. The molecule has 7 heteroatoms. The molecule has 168 valence electrons. The van der Waals surface area contributed by atoms with Crippen molar-refractivity contribution in [1.82, 2.24) is 10.6 Å². The number of nitrogens with one attached hydrogen (secondary N) is 2. The molecule has 0 aromatic heterocycles. The van der Waals surface area contributed by atoms with Gasteiger partial charge in [-0.25, -0.2) is 4.99 Å². The Hall–Kier alpha value is -4.70. The number of aliphatic imine (C=N–C) groups is 1. The summed E-state index contributed by atoms with van der Waals surface area (Å²) in [6.45, 7) is 1.85. The SMILES string of the molecule is COc1ccc(C(=O)NC2=N/C(=C(\C#N)C(=O)N[C@H](C)c3ccccc3)c3ccccc32)cc1. The maximum absolute atomic E-state index is 13.0. The molecule has 1 heterocycles. The fraction of sp³-hybridized carbons (Fsp3) is 0.111. The molecule has 1 aliphatic heterocycles. The number of carbonyl (C=O) groups is 2. The fourth-order valence-corrected chi connectivity index (χ4v) is 3.64. The minimum Gasteiger partial charge on any atom is -0.497 e. The summed E-state index contributed by atoms with van der Waals surface area (Å²) >= 11 is 0. The predicted molar refractivity (Wildman–Crippen MR) is 129 cm³/mol. The van der Waals surface area contributed by atoms with E-state index in [1.807, 2.05) is 43.3 Å². The minimum absolute atomic E-state index is 0.121. The molecule has 3 aromatic carbocycles. The number of benzene rings is 3. The largest absolute Gasteiger partial charge is 0.497 e. The normalized spacial score (nSPS) is 14.2. The Morgan fingerprint density at radius 1 is 0.941 bits per heavy atom. The first-order chi connectivity index (χ1) is 16.5. The molecule has 0 aliphatic carbocycles. The lowest BCUT2D eigenvalue weighted by Gasteiger charge is -2.14. The van der Waals surface area contributed by atoms with Crippen LogP contribution in [0.4, 0.5) is 0 Å². The van der Waals surface area contributed by atoms with Gasteiger partial charge in [0.25, 0.3) is 11.8 Å². The third-order valence-corrected chi connectivity index (χ3v) is 5.47. The van der Waals surface area contributed by atoms with Gasteiger partial charge in [0.05, 0.1) is 18.8 Å². The molecular weight excluding hydrogens is 428 g/mol. The van der Waals surface area contributed by atoms with Crippen LogP contribution < -0.4 is 15.4 Å². The van der Waals surface area contributed by atoms with Crippen LogP contribution in [-0.2, 0) is 4.79 Å². The maximum Gasteiger partial charge on any atom is 0.264 e. The van der Waals surface area contributed by atoms with E-state index in [0.29, 0.717) is 22.4 Å². The number of carbonyl (C=O) groups excluding carboxylic acids is 2. The second-order valence-electron chi connectivity index (χ2n) is 7.63. The van der Waals surface area contributed by atoms with Crippen molar-refractivity contribution in [1.29, 1.82) is 5.26 Å². The number of rotatable bonds is 5. The average molecular weight is 450 g/mol. The van der Waals surface area contributed by atoms with Gasteiger partial charge in [0.1, 0.15) is 23.2 Å². The molecule has 7 nitrogen and oxygen atoms in total. The van der Waals surface area contributed by atoms with E-state index >= 15 is 0 Å². The number of nitrogens with zero attached hydrogens (tertiary/aromatic N) is 2. The Morgan fingerprint density at radius 3 is 2.24 bits per heavy atom. The Balaban J connectivity index is 1.64. The molecule has 3 aromatic rings. The monoisotopic (exact) mass is 450 g/mol. The molecule has 4 rings (SSSR count). The summed E-state index contributed by atoms with van der Waals surface area (Å²) < 4.78 is 5.13. The molecule has 34 heavy (non-hydrogen) atoms. The molecular formula is C27H22N4O3. The van der Waals surface area contributed by atoms with Crippen molar-refractivity contribution in [2.45, 2.75) is 13.0 Å². The van der Waals surface area contributed by atoms with Gasteiger partial charge < -0.3 is 15.4 Å². The lowest BCUT2D eigenvalue weighted by atomic mass is 10.0. The first kappa shape index (κ1) is 22.5. The van der Waals surface area contributed by atoms with Crippen molar-refractivity contribution in [2.75, 3.05) is 7.11 Å². The molecule has 1 atom stereocenters. The zero-order valence-electron chi connectivity index (χ0n) is 18.7. The van der Waals surface area contributed by atoms with Gasteiger partial charge in [0.15, 0.2) is 0 Å². The van der Waals surface area contributed by atoms with Crippen molar-refractivity contribution < 1.29 is 14.3 Å². The van der Waals surface area contributed by atoms with Gasteiger partial charge in [-0.2, -0.15) is 5.26 Å². The van der Waals surface area contributed by atoms with Crippen LogP contribution in [0.5, 0.6) is 5.75 Å². The number of amidine groups is 1. The van der Waals surface area contributed by atoms with Crippen LogP contribution in [0.3, 0.4) is 0 Å². The van der Waals surface area contributed by atoms with Crippen LogP contribution in [0.2, 0.25) is 0 Å². The Bertz CT molecular complexity index is 1340. The fourth-order valence-electron chi connectivity index (χ4n) is 3.64. The maximum atomic E-state index is 13.0. The predicted octanol–water partition coefficient (Wildman–Crippen LogP) is 4.00. The van der Waals surface area contributed by atoms with Crippen molar-refractivity contribution in [2.24, 2.45) is 4.99 Å². The smallest absolute Gasteiger partial charge is 0.264 e. The van der Waals surface area contributed by atoms with Gasteiger partial charge in [0, 0.05) is 16.7 Å². The lowest BCUT2D eigenvalue weighted by molar-refractivity contribution is -0.117. The van der Waals surface area contributed by atoms with Crippen molar-refractivity contribution in [3.8, 4) is 11.8 Å². The summed E-state index contributed by atoms with van der Waals surface area (Å²) in [5.74, 6) is 0.0241. The number of ether oxygens (including phenoxy) is 1. The van der Waals surface area contributed by atoms with Crippen LogP contribution in [-0.4, -0.2) is 24.8 Å². The minimum atomic E-state index is -0.532. The first-order valence-electron chi connectivity index (χ1n) is 10.7. The van der Waals surface area contributed by atoms with E-state index in [1.165, 1.54) is 0 Å². The number of amides is 2. The van der Waals surface area contributed by atoms with Gasteiger partial charge in [-0.3, -0.25) is 9.59 Å². The van der Waals surface area contributed by atoms with E-state index in [4.69, 9.17) is 4.74 Å². The van der Waals surface area contributed by atoms with Crippen LogP contribution >= 0.6 is 0 Å². The average Bonchev–Trinajstić information content (AvgIpc) is 3.23. The van der Waals surface area contributed by atoms with E-state index in [1.54, 1.807) is 55.6 Å². The highest BCUT2D eigenvalue weighted by Crippen LogP contribution is 2.31. The molecule has 2 amide bonds. The number of fused-ring (bicyclic) bond motifs is 1. The Morgan fingerprint density at radius 2 is 1.59 bits per heavy atom. The second-order valence-corrected chi connectivity index (χ2v) is 7.63. The lowest BCUT2D eigenvalue weighted by Crippen LogP contribution is -2.30. The van der Waals surface area contributed by atoms with E-state index in [2.05, 4.69) is 15.6 Å².